The minimum atomic E-state index is -3.57. The molecule has 8 heteroatoms. The third kappa shape index (κ3) is 5.45. The fraction of sp³-hybridized carbons (Fsp3) is 0.440. The molecule has 0 aliphatic carbocycles. The van der Waals surface area contributed by atoms with Gasteiger partial charge in [0.2, 0.25) is 15.9 Å². The number of hydrogen-bond donors (Lipinski definition) is 1. The van der Waals surface area contributed by atoms with Crippen LogP contribution in [0.4, 0.5) is 5.69 Å². The van der Waals surface area contributed by atoms with Crippen molar-refractivity contribution in [2.75, 3.05) is 31.5 Å². The van der Waals surface area contributed by atoms with Gasteiger partial charge in [-0.1, -0.05) is 30.2 Å². The van der Waals surface area contributed by atoms with Gasteiger partial charge in [0.05, 0.1) is 10.8 Å². The van der Waals surface area contributed by atoms with Gasteiger partial charge >= 0.3 is 0 Å². The zero-order chi connectivity index (χ0) is 23.4. The van der Waals surface area contributed by atoms with Gasteiger partial charge in [-0.15, -0.1) is 0 Å². The van der Waals surface area contributed by atoms with Crippen molar-refractivity contribution in [2.45, 2.75) is 43.9 Å². The van der Waals surface area contributed by atoms with Gasteiger partial charge in [0.25, 0.3) is 5.91 Å². The van der Waals surface area contributed by atoms with Crippen LogP contribution in [0.5, 0.6) is 0 Å². The van der Waals surface area contributed by atoms with E-state index in [0.29, 0.717) is 43.9 Å². The molecule has 0 bridgehead atoms. The number of piperidine rings is 2. The number of amides is 2. The van der Waals surface area contributed by atoms with E-state index in [4.69, 9.17) is 0 Å². The third-order valence-electron chi connectivity index (χ3n) is 6.43. The number of benzene rings is 2. The molecule has 2 aromatic rings. The average Bonchev–Trinajstić information content (AvgIpc) is 2.85. The topological polar surface area (TPSA) is 86.8 Å². The molecule has 4 rings (SSSR count). The van der Waals surface area contributed by atoms with Crippen molar-refractivity contribution >= 4 is 27.5 Å². The van der Waals surface area contributed by atoms with Crippen molar-refractivity contribution in [1.82, 2.24) is 9.21 Å². The zero-order valence-electron chi connectivity index (χ0n) is 19.0. The second-order valence-corrected chi connectivity index (χ2v) is 10.9. The lowest BCUT2D eigenvalue weighted by atomic mass is 9.96. The molecule has 7 nitrogen and oxygen atoms in total. The van der Waals surface area contributed by atoms with Crippen LogP contribution in [0.1, 0.15) is 48.0 Å². The number of hydrogen-bond acceptors (Lipinski definition) is 4. The highest BCUT2D eigenvalue weighted by Crippen LogP contribution is 2.25. The summed E-state index contributed by atoms with van der Waals surface area (Å²) in [7, 11) is -3.57. The lowest BCUT2D eigenvalue weighted by Crippen LogP contribution is -2.43. The van der Waals surface area contributed by atoms with Crippen molar-refractivity contribution in [3.05, 3.63) is 59.7 Å². The third-order valence-corrected chi connectivity index (χ3v) is 8.33. The molecule has 0 spiro atoms. The minimum absolute atomic E-state index is 0.0675. The Morgan fingerprint density at radius 1 is 0.939 bits per heavy atom. The van der Waals surface area contributed by atoms with Crippen molar-refractivity contribution in [2.24, 2.45) is 5.92 Å². The maximum Gasteiger partial charge on any atom is 0.253 e. The maximum atomic E-state index is 13.0. The number of carbonyl (C=O) groups is 2. The Labute approximate surface area is 195 Å². The summed E-state index contributed by atoms with van der Waals surface area (Å²) in [6.07, 6.45) is 4.23. The molecule has 0 radical (unpaired) electrons. The highest BCUT2D eigenvalue weighted by atomic mass is 32.2. The van der Waals surface area contributed by atoms with Gasteiger partial charge in [-0.2, -0.15) is 4.31 Å². The first-order chi connectivity index (χ1) is 15.8. The largest absolute Gasteiger partial charge is 0.338 e. The van der Waals surface area contributed by atoms with E-state index in [1.54, 1.807) is 23.1 Å². The number of likely N-dealkylation sites (tertiary alicyclic amines) is 1. The van der Waals surface area contributed by atoms with Crippen LogP contribution in [0.15, 0.2) is 53.4 Å². The molecule has 176 valence electrons. The highest BCUT2D eigenvalue weighted by Gasteiger charge is 2.30. The van der Waals surface area contributed by atoms with E-state index in [2.05, 4.69) is 5.32 Å². The molecular formula is C25H31N3O4S. The van der Waals surface area contributed by atoms with Gasteiger partial charge in [-0.05, 0) is 62.9 Å². The second kappa shape index (κ2) is 10.1. The lowest BCUT2D eigenvalue weighted by molar-refractivity contribution is -0.121. The number of nitrogens with one attached hydrogen (secondary N) is 1. The van der Waals surface area contributed by atoms with Gasteiger partial charge in [-0.25, -0.2) is 8.42 Å². The number of aryl methyl sites for hydroxylation is 1. The molecule has 0 saturated carbocycles. The van der Waals surface area contributed by atoms with Crippen LogP contribution in [-0.2, 0) is 14.8 Å². The first kappa shape index (κ1) is 23.4. The summed E-state index contributed by atoms with van der Waals surface area (Å²) < 4.78 is 27.5. The SMILES string of the molecule is Cc1ccc(C(=O)N2CCCC(C(=O)Nc3cccc(S(=O)(=O)N4CCCCC4)c3)C2)cc1. The van der Waals surface area contributed by atoms with E-state index in [-0.39, 0.29) is 22.6 Å². The second-order valence-electron chi connectivity index (χ2n) is 8.94. The fourth-order valence-electron chi connectivity index (χ4n) is 4.49. The maximum absolute atomic E-state index is 13.0. The minimum Gasteiger partial charge on any atom is -0.338 e. The van der Waals surface area contributed by atoms with Crippen LogP contribution in [0, 0.1) is 12.8 Å². The van der Waals surface area contributed by atoms with E-state index >= 15 is 0 Å². The first-order valence-electron chi connectivity index (χ1n) is 11.6. The Balaban J connectivity index is 1.42. The summed E-state index contributed by atoms with van der Waals surface area (Å²) in [6, 6.07) is 13.9. The summed E-state index contributed by atoms with van der Waals surface area (Å²) in [5.41, 5.74) is 2.17. The number of rotatable bonds is 5. The van der Waals surface area contributed by atoms with Crippen LogP contribution in [-0.4, -0.2) is 55.6 Å². The van der Waals surface area contributed by atoms with E-state index in [0.717, 1.165) is 31.2 Å². The molecule has 0 aromatic heterocycles. The summed E-state index contributed by atoms with van der Waals surface area (Å²) in [4.78, 5) is 27.8. The lowest BCUT2D eigenvalue weighted by Gasteiger charge is -2.32. The van der Waals surface area contributed by atoms with Crippen molar-refractivity contribution < 1.29 is 18.0 Å². The standard InChI is InChI=1S/C25H31N3O4S/c1-19-10-12-20(13-11-19)25(30)27-14-6-7-21(18-27)24(29)26-22-8-5-9-23(17-22)33(31,32)28-15-3-2-4-16-28/h5,8-13,17,21H,2-4,6-7,14-16,18H2,1H3,(H,26,29). The average molecular weight is 470 g/mol. The molecule has 2 heterocycles. The van der Waals surface area contributed by atoms with E-state index in [9.17, 15) is 18.0 Å². The van der Waals surface area contributed by atoms with Gasteiger partial charge in [0.1, 0.15) is 0 Å². The first-order valence-corrected chi connectivity index (χ1v) is 13.1. The molecule has 1 atom stereocenters. The van der Waals surface area contributed by atoms with Crippen LogP contribution in [0.25, 0.3) is 0 Å². The van der Waals surface area contributed by atoms with Gasteiger partial charge in [0, 0.05) is 37.4 Å². The van der Waals surface area contributed by atoms with Gasteiger partial charge in [-0.3, -0.25) is 9.59 Å². The summed E-state index contributed by atoms with van der Waals surface area (Å²) in [5.74, 6) is -0.596. The number of carbonyl (C=O) groups excluding carboxylic acids is 2. The molecule has 2 aromatic carbocycles. The quantitative estimate of drug-likeness (QED) is 0.724. The number of anilines is 1. The molecule has 2 amide bonds. The molecule has 2 fully saturated rings. The van der Waals surface area contributed by atoms with E-state index < -0.39 is 10.0 Å². The Hall–Kier alpha value is -2.71. The normalized spacial score (nSPS) is 19.8. The molecule has 2 saturated heterocycles. The van der Waals surface area contributed by atoms with E-state index in [1.807, 2.05) is 31.2 Å². The van der Waals surface area contributed by atoms with Crippen LogP contribution in [0.3, 0.4) is 0 Å². The predicted molar refractivity (Wildman–Crippen MR) is 127 cm³/mol. The number of nitrogens with zero attached hydrogens (tertiary/aromatic N) is 2. The predicted octanol–water partition coefficient (Wildman–Crippen LogP) is 3.66. The molecule has 1 N–H and O–H groups in total. The van der Waals surface area contributed by atoms with Gasteiger partial charge < -0.3 is 10.2 Å². The van der Waals surface area contributed by atoms with Crippen LogP contribution in [0.2, 0.25) is 0 Å². The monoisotopic (exact) mass is 469 g/mol. The number of sulfonamides is 1. The Morgan fingerprint density at radius 3 is 2.39 bits per heavy atom. The smallest absolute Gasteiger partial charge is 0.253 e. The zero-order valence-corrected chi connectivity index (χ0v) is 19.8. The van der Waals surface area contributed by atoms with E-state index in [1.165, 1.54) is 10.4 Å². The van der Waals surface area contributed by atoms with Crippen LogP contribution >= 0.6 is 0 Å². The molecule has 33 heavy (non-hydrogen) atoms. The van der Waals surface area contributed by atoms with Gasteiger partial charge in [0.15, 0.2) is 0 Å². The Kier molecular flexibility index (Phi) is 7.14. The summed E-state index contributed by atoms with van der Waals surface area (Å²) in [6.45, 7) is 4.02. The van der Waals surface area contributed by atoms with Crippen molar-refractivity contribution in [3.8, 4) is 0 Å². The summed E-state index contributed by atoms with van der Waals surface area (Å²) >= 11 is 0. The Bertz CT molecular complexity index is 1110. The molecule has 1 unspecified atom stereocenters. The Morgan fingerprint density at radius 2 is 1.67 bits per heavy atom. The fourth-order valence-corrected chi connectivity index (χ4v) is 6.05. The summed E-state index contributed by atoms with van der Waals surface area (Å²) in [5, 5.41) is 2.87. The van der Waals surface area contributed by atoms with Crippen LogP contribution < -0.4 is 5.32 Å². The van der Waals surface area contributed by atoms with Crippen molar-refractivity contribution in [3.63, 3.8) is 0 Å². The molecule has 2 aliphatic heterocycles. The molecule has 2 aliphatic rings. The van der Waals surface area contributed by atoms with Crippen molar-refractivity contribution in [1.29, 1.82) is 0 Å². The molecular weight excluding hydrogens is 438 g/mol. The highest BCUT2D eigenvalue weighted by molar-refractivity contribution is 7.89.